The third-order valence-electron chi connectivity index (χ3n) is 5.37. The molecule has 0 aliphatic heterocycles. The van der Waals surface area contributed by atoms with Crippen molar-refractivity contribution >= 4 is 0 Å². The Bertz CT molecular complexity index is 406. The maximum atomic E-state index is 3.62. The molecule has 0 bridgehead atoms. The van der Waals surface area contributed by atoms with Gasteiger partial charge in [0.05, 0.1) is 0 Å². The molecule has 1 aromatic carbocycles. The fourth-order valence-corrected chi connectivity index (χ4v) is 4.31. The van der Waals surface area contributed by atoms with Crippen molar-refractivity contribution in [2.24, 2.45) is 5.92 Å². The summed E-state index contributed by atoms with van der Waals surface area (Å²) in [5.41, 5.74) is 3.26. The van der Waals surface area contributed by atoms with E-state index in [-0.39, 0.29) is 0 Å². The third kappa shape index (κ3) is 2.86. The number of aryl methyl sites for hydroxylation is 1. The molecule has 0 radical (unpaired) electrons. The van der Waals surface area contributed by atoms with Crippen molar-refractivity contribution in [3.8, 4) is 0 Å². The van der Waals surface area contributed by atoms with Crippen molar-refractivity contribution in [1.82, 2.24) is 5.32 Å². The summed E-state index contributed by atoms with van der Waals surface area (Å²) in [5, 5.41) is 3.62. The summed E-state index contributed by atoms with van der Waals surface area (Å²) < 4.78 is 0. The Balaban J connectivity index is 1.72. The van der Waals surface area contributed by atoms with Gasteiger partial charge in [0.25, 0.3) is 0 Å². The van der Waals surface area contributed by atoms with E-state index in [1.54, 1.807) is 11.1 Å². The van der Waals surface area contributed by atoms with Crippen molar-refractivity contribution in [2.75, 3.05) is 7.05 Å². The minimum Gasteiger partial charge on any atom is -0.317 e. The average Bonchev–Trinajstić information content (AvgIpc) is 2.99. The molecule has 2 aliphatic carbocycles. The van der Waals surface area contributed by atoms with Gasteiger partial charge < -0.3 is 5.32 Å². The lowest BCUT2D eigenvalue weighted by atomic mass is 9.77. The number of hydrogen-bond acceptors (Lipinski definition) is 1. The SMILES string of the molecule is CNC(CC1CCCc2ccccc21)C1CCCC1. The van der Waals surface area contributed by atoms with Gasteiger partial charge in [-0.1, -0.05) is 37.1 Å². The molecule has 1 aromatic rings. The van der Waals surface area contributed by atoms with Gasteiger partial charge in [0, 0.05) is 6.04 Å². The second-order valence-electron chi connectivity index (χ2n) is 6.46. The molecule has 3 rings (SSSR count). The maximum Gasteiger partial charge on any atom is 0.00981 e. The highest BCUT2D eigenvalue weighted by atomic mass is 14.9. The fourth-order valence-electron chi connectivity index (χ4n) is 4.31. The van der Waals surface area contributed by atoms with Crippen molar-refractivity contribution in [3.05, 3.63) is 35.4 Å². The molecule has 0 spiro atoms. The summed E-state index contributed by atoms with van der Waals surface area (Å²) in [6, 6.07) is 9.87. The van der Waals surface area contributed by atoms with Crippen molar-refractivity contribution in [3.63, 3.8) is 0 Å². The molecule has 1 saturated carbocycles. The number of benzene rings is 1. The van der Waals surface area contributed by atoms with Crippen LogP contribution in [-0.4, -0.2) is 13.1 Å². The van der Waals surface area contributed by atoms with Crippen molar-refractivity contribution in [1.29, 1.82) is 0 Å². The molecule has 0 amide bonds. The predicted octanol–water partition coefficient (Wildman–Crippen LogP) is 4.27. The first-order valence-corrected chi connectivity index (χ1v) is 8.13. The largest absolute Gasteiger partial charge is 0.317 e. The normalized spacial score (nSPS) is 25.2. The zero-order chi connectivity index (χ0) is 13.1. The Morgan fingerprint density at radius 1 is 1.11 bits per heavy atom. The van der Waals surface area contributed by atoms with E-state index >= 15 is 0 Å². The van der Waals surface area contributed by atoms with Crippen LogP contribution < -0.4 is 5.32 Å². The van der Waals surface area contributed by atoms with E-state index in [2.05, 4.69) is 36.6 Å². The molecule has 2 aliphatic rings. The van der Waals surface area contributed by atoms with Gasteiger partial charge in [0.15, 0.2) is 0 Å². The average molecular weight is 257 g/mol. The highest BCUT2D eigenvalue weighted by molar-refractivity contribution is 5.32. The van der Waals surface area contributed by atoms with Crippen molar-refractivity contribution < 1.29 is 0 Å². The van der Waals surface area contributed by atoms with Gasteiger partial charge in [0.2, 0.25) is 0 Å². The molecule has 0 heterocycles. The third-order valence-corrected chi connectivity index (χ3v) is 5.37. The summed E-state index contributed by atoms with van der Waals surface area (Å²) >= 11 is 0. The molecule has 19 heavy (non-hydrogen) atoms. The summed E-state index contributed by atoms with van der Waals surface area (Å²) in [5.74, 6) is 1.72. The number of fused-ring (bicyclic) bond motifs is 1. The Kier molecular flexibility index (Phi) is 4.22. The Labute approximate surface area is 117 Å². The summed E-state index contributed by atoms with van der Waals surface area (Å²) in [6.45, 7) is 0. The standard InChI is InChI=1S/C18H27N/c1-19-18(15-8-2-3-9-15)13-16-11-6-10-14-7-4-5-12-17(14)16/h4-5,7,12,15-16,18-19H,2-3,6,8-11,13H2,1H3. The highest BCUT2D eigenvalue weighted by Crippen LogP contribution is 2.38. The zero-order valence-electron chi connectivity index (χ0n) is 12.2. The first kappa shape index (κ1) is 13.2. The van der Waals surface area contributed by atoms with Crippen LogP contribution in [-0.2, 0) is 6.42 Å². The maximum absolute atomic E-state index is 3.62. The molecule has 0 saturated heterocycles. The molecular formula is C18H27N. The van der Waals surface area contributed by atoms with Gasteiger partial charge in [-0.3, -0.25) is 0 Å². The van der Waals surface area contributed by atoms with E-state index in [1.165, 1.54) is 51.4 Å². The van der Waals surface area contributed by atoms with Gasteiger partial charge in [-0.25, -0.2) is 0 Å². The van der Waals surface area contributed by atoms with E-state index in [0.717, 1.165) is 17.9 Å². The topological polar surface area (TPSA) is 12.0 Å². The summed E-state index contributed by atoms with van der Waals surface area (Å²) in [6.07, 6.45) is 11.2. The minimum atomic E-state index is 0.735. The van der Waals surface area contributed by atoms with Crippen LogP contribution in [0.4, 0.5) is 0 Å². The quantitative estimate of drug-likeness (QED) is 0.849. The lowest BCUT2D eigenvalue weighted by Gasteiger charge is -2.31. The Morgan fingerprint density at radius 3 is 2.68 bits per heavy atom. The fraction of sp³-hybridized carbons (Fsp3) is 0.667. The molecule has 1 heteroatoms. The van der Waals surface area contributed by atoms with E-state index < -0.39 is 0 Å². The van der Waals surface area contributed by atoms with E-state index in [4.69, 9.17) is 0 Å². The molecule has 2 atom stereocenters. The zero-order valence-corrected chi connectivity index (χ0v) is 12.2. The Hall–Kier alpha value is -0.820. The first-order valence-electron chi connectivity index (χ1n) is 8.13. The molecule has 104 valence electrons. The molecular weight excluding hydrogens is 230 g/mol. The van der Waals surface area contributed by atoms with Crippen LogP contribution in [0.3, 0.4) is 0 Å². The smallest absolute Gasteiger partial charge is 0.00981 e. The lowest BCUT2D eigenvalue weighted by molar-refractivity contribution is 0.326. The molecule has 1 N–H and O–H groups in total. The first-order chi connectivity index (χ1) is 9.38. The lowest BCUT2D eigenvalue weighted by Crippen LogP contribution is -2.34. The second kappa shape index (κ2) is 6.09. The second-order valence-corrected chi connectivity index (χ2v) is 6.46. The van der Waals surface area contributed by atoms with Crippen LogP contribution >= 0.6 is 0 Å². The molecule has 2 unspecified atom stereocenters. The van der Waals surface area contributed by atoms with Crippen molar-refractivity contribution in [2.45, 2.75) is 63.3 Å². The van der Waals surface area contributed by atoms with Gasteiger partial charge in [-0.05, 0) is 68.5 Å². The van der Waals surface area contributed by atoms with Crippen LogP contribution in [0.5, 0.6) is 0 Å². The van der Waals surface area contributed by atoms with Crippen LogP contribution in [0.15, 0.2) is 24.3 Å². The van der Waals surface area contributed by atoms with Gasteiger partial charge >= 0.3 is 0 Å². The van der Waals surface area contributed by atoms with E-state index in [0.29, 0.717) is 0 Å². The van der Waals surface area contributed by atoms with E-state index in [1.807, 2.05) is 0 Å². The monoisotopic (exact) mass is 257 g/mol. The highest BCUT2D eigenvalue weighted by Gasteiger charge is 2.28. The summed E-state index contributed by atoms with van der Waals surface area (Å²) in [4.78, 5) is 0. The number of nitrogens with one attached hydrogen (secondary N) is 1. The van der Waals surface area contributed by atoms with Crippen LogP contribution in [0, 0.1) is 5.92 Å². The number of rotatable bonds is 4. The van der Waals surface area contributed by atoms with Gasteiger partial charge in [-0.2, -0.15) is 0 Å². The molecule has 1 nitrogen and oxygen atoms in total. The van der Waals surface area contributed by atoms with Crippen LogP contribution in [0.1, 0.15) is 62.0 Å². The predicted molar refractivity (Wildman–Crippen MR) is 81.5 cm³/mol. The summed E-state index contributed by atoms with van der Waals surface area (Å²) in [7, 11) is 2.16. The van der Waals surface area contributed by atoms with E-state index in [9.17, 15) is 0 Å². The molecule has 0 aromatic heterocycles. The van der Waals surface area contributed by atoms with Crippen LogP contribution in [0.25, 0.3) is 0 Å². The van der Waals surface area contributed by atoms with Gasteiger partial charge in [0.1, 0.15) is 0 Å². The van der Waals surface area contributed by atoms with Gasteiger partial charge in [-0.15, -0.1) is 0 Å². The van der Waals surface area contributed by atoms with Crippen LogP contribution in [0.2, 0.25) is 0 Å². The minimum absolute atomic E-state index is 0.735. The molecule has 1 fully saturated rings. The Morgan fingerprint density at radius 2 is 1.89 bits per heavy atom. The number of hydrogen-bond donors (Lipinski definition) is 1.